The molecule has 0 unspecified atom stereocenters. The molecule has 17 heavy (non-hydrogen) atoms. The molecule has 0 aliphatic carbocycles. The quantitative estimate of drug-likeness (QED) is 0.888. The molecule has 0 amide bonds. The Morgan fingerprint density at radius 3 is 2.53 bits per heavy atom. The van der Waals surface area contributed by atoms with Gasteiger partial charge in [-0.2, -0.15) is 18.3 Å². The van der Waals surface area contributed by atoms with Gasteiger partial charge in [0.15, 0.2) is 12.4 Å². The van der Waals surface area contributed by atoms with E-state index in [0.717, 1.165) is 0 Å². The maximum Gasteiger partial charge on any atom is 0.422 e. The average Bonchev–Trinajstić information content (AvgIpc) is 2.51. The zero-order valence-electron chi connectivity index (χ0n) is 9.21. The van der Waals surface area contributed by atoms with Crippen molar-refractivity contribution >= 4 is 5.97 Å². The zero-order valence-corrected chi connectivity index (χ0v) is 9.21. The lowest BCUT2D eigenvalue weighted by Gasteiger charge is -2.09. The highest BCUT2D eigenvalue weighted by Crippen LogP contribution is 2.25. The predicted molar refractivity (Wildman–Crippen MR) is 51.1 cm³/mol. The molecular formula is C9H11F3N2O3. The van der Waals surface area contributed by atoms with E-state index in [-0.39, 0.29) is 11.4 Å². The van der Waals surface area contributed by atoms with E-state index < -0.39 is 24.4 Å². The largest absolute Gasteiger partial charge is 0.480 e. The standard InChI is InChI=1S/C9H11F3N2O3/c1-3-14-5(2)7(6(13-14)8(15)16)17-4-9(10,11)12/h3-4H2,1-2H3,(H,15,16). The van der Waals surface area contributed by atoms with Gasteiger partial charge in [0.2, 0.25) is 5.69 Å². The Hall–Kier alpha value is -1.73. The van der Waals surface area contributed by atoms with Crippen LogP contribution in [-0.4, -0.2) is 33.6 Å². The number of hydrogen-bond donors (Lipinski definition) is 1. The number of aromatic carboxylic acids is 1. The lowest BCUT2D eigenvalue weighted by atomic mass is 10.3. The van der Waals surface area contributed by atoms with Gasteiger partial charge in [0, 0.05) is 6.54 Å². The summed E-state index contributed by atoms with van der Waals surface area (Å²) in [5.74, 6) is -1.76. The van der Waals surface area contributed by atoms with Crippen LogP contribution in [0.3, 0.4) is 0 Å². The molecule has 0 spiro atoms. The Bertz CT molecular complexity index is 426. The Balaban J connectivity index is 3.03. The molecule has 1 aromatic heterocycles. The summed E-state index contributed by atoms with van der Waals surface area (Å²) in [7, 11) is 0. The molecule has 0 atom stereocenters. The second-order valence-electron chi connectivity index (χ2n) is 3.29. The van der Waals surface area contributed by atoms with E-state index in [1.165, 1.54) is 11.6 Å². The van der Waals surface area contributed by atoms with Crippen LogP contribution in [0.25, 0.3) is 0 Å². The first-order chi connectivity index (χ1) is 7.76. The Morgan fingerprint density at radius 2 is 2.12 bits per heavy atom. The molecule has 0 fully saturated rings. The van der Waals surface area contributed by atoms with E-state index >= 15 is 0 Å². The molecule has 0 aromatic carbocycles. The third-order valence-electron chi connectivity index (χ3n) is 2.03. The van der Waals surface area contributed by atoms with E-state index in [9.17, 15) is 18.0 Å². The van der Waals surface area contributed by atoms with Crippen LogP contribution >= 0.6 is 0 Å². The molecule has 1 aromatic rings. The number of carboxylic acid groups (broad SMARTS) is 1. The molecule has 0 bridgehead atoms. The number of hydrogen-bond acceptors (Lipinski definition) is 3. The van der Waals surface area contributed by atoms with E-state index in [1.807, 2.05) is 0 Å². The minimum Gasteiger partial charge on any atom is -0.480 e. The van der Waals surface area contributed by atoms with Crippen molar-refractivity contribution in [3.05, 3.63) is 11.4 Å². The first kappa shape index (κ1) is 13.3. The summed E-state index contributed by atoms with van der Waals surface area (Å²) in [5, 5.41) is 12.4. The van der Waals surface area contributed by atoms with Gasteiger partial charge in [-0.25, -0.2) is 4.79 Å². The van der Waals surface area contributed by atoms with Crippen molar-refractivity contribution < 1.29 is 27.8 Å². The lowest BCUT2D eigenvalue weighted by molar-refractivity contribution is -0.153. The van der Waals surface area contributed by atoms with Crippen LogP contribution in [0.2, 0.25) is 0 Å². The van der Waals surface area contributed by atoms with Crippen LogP contribution in [0, 0.1) is 6.92 Å². The molecule has 1 rings (SSSR count). The summed E-state index contributed by atoms with van der Waals surface area (Å²) in [6, 6.07) is 0. The third kappa shape index (κ3) is 3.11. The summed E-state index contributed by atoms with van der Waals surface area (Å²) in [6.07, 6.45) is -4.52. The Morgan fingerprint density at radius 1 is 1.53 bits per heavy atom. The van der Waals surface area contributed by atoms with E-state index in [4.69, 9.17) is 5.11 Å². The van der Waals surface area contributed by atoms with Crippen molar-refractivity contribution in [3.63, 3.8) is 0 Å². The van der Waals surface area contributed by atoms with Crippen LogP contribution in [0.4, 0.5) is 13.2 Å². The molecule has 0 saturated carbocycles. The molecule has 8 heteroatoms. The van der Waals surface area contributed by atoms with Gasteiger partial charge in [0.05, 0.1) is 5.69 Å². The number of alkyl halides is 3. The van der Waals surface area contributed by atoms with E-state index in [2.05, 4.69) is 9.84 Å². The SMILES string of the molecule is CCn1nc(C(=O)O)c(OCC(F)(F)F)c1C. The normalized spacial score (nSPS) is 11.6. The number of carboxylic acids is 1. The molecule has 0 aliphatic heterocycles. The maximum absolute atomic E-state index is 12.0. The highest BCUT2D eigenvalue weighted by molar-refractivity contribution is 5.89. The number of carbonyl (C=O) groups is 1. The summed E-state index contributed by atoms with van der Waals surface area (Å²) in [6.45, 7) is 1.96. The molecular weight excluding hydrogens is 241 g/mol. The fourth-order valence-electron chi connectivity index (χ4n) is 1.30. The predicted octanol–water partition coefficient (Wildman–Crippen LogP) is 1.85. The van der Waals surface area contributed by atoms with Crippen LogP contribution in [0.5, 0.6) is 5.75 Å². The molecule has 5 nitrogen and oxygen atoms in total. The van der Waals surface area contributed by atoms with E-state index in [0.29, 0.717) is 6.54 Å². The van der Waals surface area contributed by atoms with Crippen LogP contribution in [0.15, 0.2) is 0 Å². The monoisotopic (exact) mass is 252 g/mol. The fourth-order valence-corrected chi connectivity index (χ4v) is 1.30. The Labute approximate surface area is 94.8 Å². The van der Waals surface area contributed by atoms with Gasteiger partial charge < -0.3 is 9.84 Å². The van der Waals surface area contributed by atoms with Gasteiger partial charge in [0.25, 0.3) is 0 Å². The maximum atomic E-state index is 12.0. The van der Waals surface area contributed by atoms with E-state index in [1.54, 1.807) is 6.92 Å². The number of rotatable bonds is 4. The number of ether oxygens (including phenoxy) is 1. The molecule has 96 valence electrons. The zero-order chi connectivity index (χ0) is 13.2. The molecule has 1 N–H and O–H groups in total. The fraction of sp³-hybridized carbons (Fsp3) is 0.556. The average molecular weight is 252 g/mol. The smallest absolute Gasteiger partial charge is 0.422 e. The summed E-state index contributed by atoms with van der Waals surface area (Å²) < 4.78 is 41.7. The summed E-state index contributed by atoms with van der Waals surface area (Å²) in [5.41, 5.74) is -0.247. The first-order valence-corrected chi connectivity index (χ1v) is 4.76. The highest BCUT2D eigenvalue weighted by Gasteiger charge is 2.31. The summed E-state index contributed by atoms with van der Waals surface area (Å²) >= 11 is 0. The minimum atomic E-state index is -4.52. The summed E-state index contributed by atoms with van der Waals surface area (Å²) in [4.78, 5) is 10.8. The van der Waals surface area contributed by atoms with Gasteiger partial charge in [0.1, 0.15) is 0 Å². The first-order valence-electron chi connectivity index (χ1n) is 4.76. The van der Waals surface area contributed by atoms with Gasteiger partial charge in [-0.15, -0.1) is 0 Å². The number of nitrogens with zero attached hydrogens (tertiary/aromatic N) is 2. The minimum absolute atomic E-state index is 0.258. The van der Waals surface area contributed by atoms with Gasteiger partial charge in [-0.1, -0.05) is 0 Å². The van der Waals surface area contributed by atoms with Crippen LogP contribution in [0.1, 0.15) is 23.1 Å². The van der Waals surface area contributed by atoms with Crippen molar-refractivity contribution in [2.45, 2.75) is 26.6 Å². The van der Waals surface area contributed by atoms with Crippen molar-refractivity contribution in [3.8, 4) is 5.75 Å². The lowest BCUT2D eigenvalue weighted by Crippen LogP contribution is -2.20. The van der Waals surface area contributed by atoms with Crippen LogP contribution in [-0.2, 0) is 6.54 Å². The topological polar surface area (TPSA) is 64.4 Å². The second-order valence-corrected chi connectivity index (χ2v) is 3.29. The van der Waals surface area contributed by atoms with Crippen molar-refractivity contribution in [2.24, 2.45) is 0 Å². The molecule has 0 radical (unpaired) electrons. The number of halogens is 3. The highest BCUT2D eigenvalue weighted by atomic mass is 19.4. The van der Waals surface area contributed by atoms with Gasteiger partial charge in [-0.05, 0) is 13.8 Å². The van der Waals surface area contributed by atoms with Crippen molar-refractivity contribution in [1.82, 2.24) is 9.78 Å². The van der Waals surface area contributed by atoms with Crippen molar-refractivity contribution in [1.29, 1.82) is 0 Å². The van der Waals surface area contributed by atoms with Crippen LogP contribution < -0.4 is 4.74 Å². The van der Waals surface area contributed by atoms with Gasteiger partial charge in [-0.3, -0.25) is 4.68 Å². The number of aromatic nitrogens is 2. The molecule has 0 aliphatic rings. The molecule has 0 saturated heterocycles. The van der Waals surface area contributed by atoms with Crippen molar-refractivity contribution in [2.75, 3.05) is 6.61 Å². The Kier molecular flexibility index (Phi) is 3.64. The third-order valence-corrected chi connectivity index (χ3v) is 2.03. The number of aryl methyl sites for hydroxylation is 1. The molecule has 1 heterocycles. The van der Waals surface area contributed by atoms with Gasteiger partial charge >= 0.3 is 12.1 Å². The second kappa shape index (κ2) is 4.64.